The Morgan fingerprint density at radius 2 is 1.92 bits per heavy atom. The molecule has 1 amide bonds. The van der Waals surface area contributed by atoms with Crippen molar-refractivity contribution in [2.45, 2.75) is 12.5 Å². The molecule has 0 radical (unpaired) electrons. The van der Waals surface area contributed by atoms with Crippen molar-refractivity contribution in [1.29, 1.82) is 0 Å². The van der Waals surface area contributed by atoms with E-state index in [1.165, 1.54) is 0 Å². The summed E-state index contributed by atoms with van der Waals surface area (Å²) in [6.07, 6.45) is 0.725. The first kappa shape index (κ1) is 14.4. The molecule has 0 fully saturated rings. The SMILES string of the molecule is O=C(N[C@@H]1CCOc2ccccc21)c1nc(-c2ccccc2)n[nH]1. The lowest BCUT2D eigenvalue weighted by Gasteiger charge is -2.26. The van der Waals surface area contributed by atoms with Crippen molar-refractivity contribution in [1.82, 2.24) is 20.5 Å². The Balaban J connectivity index is 1.53. The van der Waals surface area contributed by atoms with Crippen LogP contribution in [0.25, 0.3) is 11.4 Å². The molecule has 24 heavy (non-hydrogen) atoms. The third-order valence-corrected chi connectivity index (χ3v) is 4.00. The summed E-state index contributed by atoms with van der Waals surface area (Å²) in [5, 5.41) is 9.84. The fourth-order valence-corrected chi connectivity index (χ4v) is 2.80. The summed E-state index contributed by atoms with van der Waals surface area (Å²) in [6, 6.07) is 17.2. The maximum absolute atomic E-state index is 12.5. The Morgan fingerprint density at radius 1 is 1.12 bits per heavy atom. The topological polar surface area (TPSA) is 79.9 Å². The van der Waals surface area contributed by atoms with E-state index in [2.05, 4.69) is 20.5 Å². The Bertz CT molecular complexity index is 860. The zero-order chi connectivity index (χ0) is 16.4. The van der Waals surface area contributed by atoms with Gasteiger partial charge in [0.1, 0.15) is 5.75 Å². The van der Waals surface area contributed by atoms with Gasteiger partial charge in [0.2, 0.25) is 5.82 Å². The number of carbonyl (C=O) groups excluding carboxylic acids is 1. The van der Waals surface area contributed by atoms with Crippen molar-refractivity contribution in [3.63, 3.8) is 0 Å². The Labute approximate surface area is 138 Å². The average molecular weight is 320 g/mol. The highest BCUT2D eigenvalue weighted by molar-refractivity contribution is 5.91. The summed E-state index contributed by atoms with van der Waals surface area (Å²) in [6.45, 7) is 0.577. The highest BCUT2D eigenvalue weighted by Crippen LogP contribution is 2.31. The maximum atomic E-state index is 12.5. The van der Waals surface area contributed by atoms with Gasteiger partial charge in [-0.25, -0.2) is 4.98 Å². The second kappa shape index (κ2) is 6.16. The number of aromatic amines is 1. The second-order valence-electron chi connectivity index (χ2n) is 5.57. The van der Waals surface area contributed by atoms with Crippen molar-refractivity contribution in [2.24, 2.45) is 0 Å². The molecule has 0 spiro atoms. The lowest BCUT2D eigenvalue weighted by Crippen LogP contribution is -2.32. The molecule has 0 bridgehead atoms. The van der Waals surface area contributed by atoms with Gasteiger partial charge in [0.25, 0.3) is 5.91 Å². The highest BCUT2D eigenvalue weighted by atomic mass is 16.5. The first-order chi connectivity index (χ1) is 11.8. The van der Waals surface area contributed by atoms with E-state index in [1.54, 1.807) is 0 Å². The number of nitrogens with zero attached hydrogens (tertiary/aromatic N) is 2. The molecule has 120 valence electrons. The molecule has 4 rings (SSSR count). The minimum absolute atomic E-state index is 0.0901. The predicted octanol–water partition coefficient (Wildman–Crippen LogP) is 2.73. The Morgan fingerprint density at radius 3 is 2.79 bits per heavy atom. The van der Waals surface area contributed by atoms with Crippen molar-refractivity contribution < 1.29 is 9.53 Å². The van der Waals surface area contributed by atoms with Crippen molar-refractivity contribution >= 4 is 5.91 Å². The number of rotatable bonds is 3. The molecule has 0 unspecified atom stereocenters. The summed E-state index contributed by atoms with van der Waals surface area (Å²) in [5.74, 6) is 1.26. The zero-order valence-electron chi connectivity index (χ0n) is 12.9. The molecule has 0 saturated carbocycles. The normalized spacial score (nSPS) is 16.1. The number of amides is 1. The Kier molecular flexibility index (Phi) is 3.70. The van der Waals surface area contributed by atoms with Gasteiger partial charge in [0.05, 0.1) is 12.6 Å². The minimum atomic E-state index is -0.272. The zero-order valence-corrected chi connectivity index (χ0v) is 12.9. The van der Waals surface area contributed by atoms with E-state index in [1.807, 2.05) is 54.6 Å². The van der Waals surface area contributed by atoms with Crippen LogP contribution in [0.5, 0.6) is 5.75 Å². The number of hydrogen-bond donors (Lipinski definition) is 2. The van der Waals surface area contributed by atoms with E-state index in [0.29, 0.717) is 12.4 Å². The number of fused-ring (bicyclic) bond motifs is 1. The predicted molar refractivity (Wildman–Crippen MR) is 88.6 cm³/mol. The molecule has 0 aliphatic carbocycles. The van der Waals surface area contributed by atoms with E-state index >= 15 is 0 Å². The van der Waals surface area contributed by atoms with Crippen LogP contribution in [0, 0.1) is 0 Å². The molecular weight excluding hydrogens is 304 g/mol. The molecule has 1 aromatic heterocycles. The van der Waals surface area contributed by atoms with Gasteiger partial charge in [0, 0.05) is 17.5 Å². The number of para-hydroxylation sites is 1. The van der Waals surface area contributed by atoms with Gasteiger partial charge in [-0.2, -0.15) is 5.10 Å². The maximum Gasteiger partial charge on any atom is 0.289 e. The van der Waals surface area contributed by atoms with Gasteiger partial charge < -0.3 is 10.1 Å². The molecule has 2 heterocycles. The van der Waals surface area contributed by atoms with E-state index in [4.69, 9.17) is 4.74 Å². The van der Waals surface area contributed by atoms with Gasteiger partial charge in [-0.3, -0.25) is 9.89 Å². The quantitative estimate of drug-likeness (QED) is 0.777. The lowest BCUT2D eigenvalue weighted by atomic mass is 10.0. The van der Waals surface area contributed by atoms with Crippen LogP contribution in [0.1, 0.15) is 28.6 Å². The number of ether oxygens (including phenoxy) is 1. The van der Waals surface area contributed by atoms with Crippen LogP contribution >= 0.6 is 0 Å². The Hall–Kier alpha value is -3.15. The number of aromatic nitrogens is 3. The van der Waals surface area contributed by atoms with Crippen molar-refractivity contribution in [3.05, 3.63) is 66.0 Å². The van der Waals surface area contributed by atoms with Gasteiger partial charge in [-0.05, 0) is 6.07 Å². The molecule has 2 N–H and O–H groups in total. The van der Waals surface area contributed by atoms with Crippen LogP contribution in [0.15, 0.2) is 54.6 Å². The standard InChI is InChI=1S/C18H16N4O2/c23-18(17-20-16(21-22-17)12-6-2-1-3-7-12)19-14-10-11-24-15-9-5-4-8-13(14)15/h1-9,14H,10-11H2,(H,19,23)(H,20,21,22)/t14-/m1/s1. The first-order valence-electron chi connectivity index (χ1n) is 7.81. The summed E-state index contributed by atoms with van der Waals surface area (Å²) in [7, 11) is 0. The van der Waals surface area contributed by atoms with E-state index in [0.717, 1.165) is 23.3 Å². The largest absolute Gasteiger partial charge is 0.493 e. The van der Waals surface area contributed by atoms with Crippen molar-refractivity contribution in [3.8, 4) is 17.1 Å². The van der Waals surface area contributed by atoms with Crippen LogP contribution in [0.3, 0.4) is 0 Å². The van der Waals surface area contributed by atoms with Crippen LogP contribution in [0.2, 0.25) is 0 Å². The monoisotopic (exact) mass is 320 g/mol. The molecule has 0 saturated heterocycles. The third kappa shape index (κ3) is 2.74. The second-order valence-corrected chi connectivity index (χ2v) is 5.57. The van der Waals surface area contributed by atoms with Gasteiger partial charge in [0.15, 0.2) is 5.82 Å². The lowest BCUT2D eigenvalue weighted by molar-refractivity contribution is 0.0914. The van der Waals surface area contributed by atoms with Crippen LogP contribution in [-0.4, -0.2) is 27.7 Å². The molecule has 1 aliphatic rings. The number of hydrogen-bond acceptors (Lipinski definition) is 4. The smallest absolute Gasteiger partial charge is 0.289 e. The summed E-state index contributed by atoms with van der Waals surface area (Å²) in [4.78, 5) is 16.8. The highest BCUT2D eigenvalue weighted by Gasteiger charge is 2.24. The molecular formula is C18H16N4O2. The van der Waals surface area contributed by atoms with Crippen molar-refractivity contribution in [2.75, 3.05) is 6.61 Å². The first-order valence-corrected chi connectivity index (χ1v) is 7.81. The molecule has 3 aromatic rings. The summed E-state index contributed by atoms with van der Waals surface area (Å²) < 4.78 is 5.62. The number of carbonyl (C=O) groups is 1. The average Bonchev–Trinajstić information content (AvgIpc) is 3.13. The fourth-order valence-electron chi connectivity index (χ4n) is 2.80. The van der Waals surface area contributed by atoms with Crippen LogP contribution in [-0.2, 0) is 0 Å². The molecule has 6 heteroatoms. The molecule has 6 nitrogen and oxygen atoms in total. The van der Waals surface area contributed by atoms with Crippen LogP contribution in [0.4, 0.5) is 0 Å². The third-order valence-electron chi connectivity index (χ3n) is 4.00. The minimum Gasteiger partial charge on any atom is -0.493 e. The molecule has 2 aromatic carbocycles. The van der Waals surface area contributed by atoms with E-state index in [9.17, 15) is 4.79 Å². The summed E-state index contributed by atoms with van der Waals surface area (Å²) in [5.41, 5.74) is 1.85. The number of nitrogens with one attached hydrogen (secondary N) is 2. The van der Waals surface area contributed by atoms with E-state index < -0.39 is 0 Å². The summed E-state index contributed by atoms with van der Waals surface area (Å²) >= 11 is 0. The number of benzene rings is 2. The van der Waals surface area contributed by atoms with Crippen LogP contribution < -0.4 is 10.1 Å². The molecule has 1 atom stereocenters. The molecule has 1 aliphatic heterocycles. The number of H-pyrrole nitrogens is 1. The van der Waals surface area contributed by atoms with Gasteiger partial charge in [-0.1, -0.05) is 48.5 Å². The van der Waals surface area contributed by atoms with Gasteiger partial charge >= 0.3 is 0 Å². The van der Waals surface area contributed by atoms with E-state index in [-0.39, 0.29) is 17.8 Å². The fraction of sp³-hybridized carbons (Fsp3) is 0.167. The van der Waals surface area contributed by atoms with Gasteiger partial charge in [-0.15, -0.1) is 0 Å².